The lowest BCUT2D eigenvalue weighted by atomic mass is 9.93. The Bertz CT molecular complexity index is 2560. The van der Waals surface area contributed by atoms with E-state index in [-0.39, 0.29) is 24.1 Å². The fourth-order valence-electron chi connectivity index (χ4n) is 11.4. The van der Waals surface area contributed by atoms with Gasteiger partial charge in [-0.3, -0.25) is 29.4 Å². The number of pyridine rings is 2. The number of aryl methyl sites for hydroxylation is 2. The average Bonchev–Trinajstić information content (AvgIpc) is 3.65. The monoisotopic (exact) mass is 1250 g/mol. The van der Waals surface area contributed by atoms with Crippen molar-refractivity contribution in [1.29, 1.82) is 0 Å². The number of nitrogens with one attached hydrogen (secondary N) is 1. The molecule has 2 aromatic heterocycles. The van der Waals surface area contributed by atoms with Crippen LogP contribution in [0.4, 0.5) is 4.79 Å². The molecule has 10 rings (SSSR count). The van der Waals surface area contributed by atoms with Crippen LogP contribution in [0.25, 0.3) is 0 Å². The molecule has 2 aliphatic carbocycles. The van der Waals surface area contributed by atoms with E-state index in [2.05, 4.69) is 108 Å². The molecule has 3 amide bonds. The summed E-state index contributed by atoms with van der Waals surface area (Å²) in [6.45, 7) is 9.60. The first-order valence-corrected chi connectivity index (χ1v) is 28.6. The van der Waals surface area contributed by atoms with Gasteiger partial charge >= 0.3 is 6.09 Å². The Kier molecular flexibility index (Phi) is 17.7. The molecule has 70 heavy (non-hydrogen) atoms. The van der Waals surface area contributed by atoms with Crippen LogP contribution < -0.4 is 5.32 Å². The lowest BCUT2D eigenvalue weighted by Crippen LogP contribution is -2.50. The van der Waals surface area contributed by atoms with Crippen LogP contribution >= 0.6 is 86.9 Å². The molecule has 1 N–H and O–H groups in total. The van der Waals surface area contributed by atoms with Crippen molar-refractivity contribution in [3.8, 4) is 0 Å². The molecule has 374 valence electrons. The number of aromatic nitrogens is 2. The Morgan fingerprint density at radius 2 is 1.03 bits per heavy atom. The summed E-state index contributed by atoms with van der Waals surface area (Å²) < 4.78 is 8.78. The normalized spacial score (nSPS) is 21.3. The Hall–Kier alpha value is -2.67. The minimum Gasteiger partial charge on any atom is -0.453 e. The third-order valence-electron chi connectivity index (χ3n) is 15.3. The number of halogens is 6. The zero-order valence-corrected chi connectivity index (χ0v) is 47.4. The van der Waals surface area contributed by atoms with Crippen molar-refractivity contribution < 1.29 is 19.1 Å². The van der Waals surface area contributed by atoms with Gasteiger partial charge in [-0.1, -0.05) is 35.3 Å². The van der Waals surface area contributed by atoms with E-state index in [9.17, 15) is 14.4 Å². The van der Waals surface area contributed by atoms with Gasteiger partial charge in [0.15, 0.2) is 0 Å². The number of carbonyl (C=O) groups is 3. The third kappa shape index (κ3) is 11.8. The zero-order valence-electron chi connectivity index (χ0n) is 39.5. The summed E-state index contributed by atoms with van der Waals surface area (Å²) >= 11 is 27.6. The maximum Gasteiger partial charge on any atom is 0.409 e. The minimum absolute atomic E-state index is 0.0223. The van der Waals surface area contributed by atoms with Crippen LogP contribution in [-0.4, -0.2) is 138 Å². The lowest BCUT2D eigenvalue weighted by molar-refractivity contribution is -0.135. The van der Waals surface area contributed by atoms with Crippen LogP contribution in [-0.2, 0) is 40.0 Å². The van der Waals surface area contributed by atoms with Gasteiger partial charge in [-0.15, -0.1) is 0 Å². The third-order valence-corrected chi connectivity index (χ3v) is 19.1. The van der Waals surface area contributed by atoms with Crippen molar-refractivity contribution in [2.75, 3.05) is 85.6 Å². The first-order chi connectivity index (χ1) is 33.9. The van der Waals surface area contributed by atoms with E-state index in [4.69, 9.17) is 37.9 Å². The van der Waals surface area contributed by atoms with Gasteiger partial charge in [0.2, 0.25) is 11.8 Å². The van der Waals surface area contributed by atoms with E-state index >= 15 is 0 Å². The number of rotatable bonds is 6. The van der Waals surface area contributed by atoms with E-state index in [1.54, 1.807) is 4.90 Å². The fraction of sp³-hybridized carbons (Fsp3) is 0.519. The molecule has 0 saturated carbocycles. The number of likely N-dealkylation sites (tertiary alicyclic amines) is 1. The van der Waals surface area contributed by atoms with Gasteiger partial charge in [0.05, 0.1) is 40.6 Å². The van der Waals surface area contributed by atoms with Crippen LogP contribution in [0, 0.1) is 11.8 Å². The lowest BCUT2D eigenvalue weighted by Gasteiger charge is -2.40. The molecule has 4 saturated heterocycles. The first kappa shape index (κ1) is 52.2. The number of carbonyl (C=O) groups excluding carboxylic acids is 3. The second kappa shape index (κ2) is 23.7. The fourth-order valence-corrected chi connectivity index (χ4v) is 13.6. The molecule has 0 spiro atoms. The van der Waals surface area contributed by atoms with Gasteiger partial charge in [0, 0.05) is 109 Å². The van der Waals surface area contributed by atoms with E-state index in [0.29, 0.717) is 56.8 Å². The highest BCUT2D eigenvalue weighted by Crippen LogP contribution is 2.43. The highest BCUT2D eigenvalue weighted by molar-refractivity contribution is 9.11. The summed E-state index contributed by atoms with van der Waals surface area (Å²) in [5.41, 5.74) is 9.76. The number of hydrogen-bond acceptors (Lipinski definition) is 9. The number of amides is 3. The van der Waals surface area contributed by atoms with Gasteiger partial charge in [0.25, 0.3) is 0 Å². The molecule has 4 aromatic rings. The zero-order chi connectivity index (χ0) is 49.1. The summed E-state index contributed by atoms with van der Waals surface area (Å²) in [7, 11) is 1.41. The summed E-state index contributed by atoms with van der Waals surface area (Å²) in [6.07, 6.45) is 12.3. The molecule has 18 heteroatoms. The number of ether oxygens (including phenoxy) is 1. The highest BCUT2D eigenvalue weighted by atomic mass is 79.9. The molecule has 4 fully saturated rings. The van der Waals surface area contributed by atoms with Gasteiger partial charge in [-0.2, -0.15) is 0 Å². The molecule has 0 radical (unpaired) electrons. The van der Waals surface area contributed by atoms with Crippen molar-refractivity contribution in [2.45, 2.75) is 76.3 Å². The average molecular weight is 1250 g/mol. The van der Waals surface area contributed by atoms with Crippen molar-refractivity contribution in [1.82, 2.24) is 39.8 Å². The minimum atomic E-state index is -0.279. The number of benzene rings is 2. The standard InChI is InChI=1S/C27H31Br2ClN4O3.C25H29Br2ClN4O/c1-37-27(36)34-8-6-17(7-9-34)14-23(35)32-10-12-33(13-11-32)26-21-4-5-22(30)24(29)20(21)3-2-18-15-19(28)16-31-25(18)26;26-18-14-17-1-2-19-20(3-4-21(28)23(19)27)25(24(17)30-15-18)32-11-9-31(10-12-32)22(33)13-16-5-7-29-8-6-16/h4-5,15-17,26H,2-3,6-14H2,1H3;3-4,14-16,25,29H,1-2,5-13H2. The summed E-state index contributed by atoms with van der Waals surface area (Å²) in [5.74, 6) is 1.38. The summed E-state index contributed by atoms with van der Waals surface area (Å²) in [4.78, 5) is 58.4. The quantitative estimate of drug-likeness (QED) is 0.202. The van der Waals surface area contributed by atoms with Crippen molar-refractivity contribution in [3.05, 3.63) is 121 Å². The molecule has 6 heterocycles. The predicted molar refractivity (Wildman–Crippen MR) is 289 cm³/mol. The van der Waals surface area contributed by atoms with Gasteiger partial charge in [0.1, 0.15) is 0 Å². The first-order valence-electron chi connectivity index (χ1n) is 24.7. The number of methoxy groups -OCH3 is 1. The number of nitrogens with zero attached hydrogens (tertiary/aromatic N) is 7. The number of piperidine rings is 2. The molecule has 12 nitrogen and oxygen atoms in total. The topological polar surface area (TPSA) is 114 Å². The Morgan fingerprint density at radius 1 is 0.600 bits per heavy atom. The second-order valence-corrected chi connectivity index (χ2v) is 23.6. The molecule has 2 aromatic carbocycles. The van der Waals surface area contributed by atoms with Crippen LogP contribution in [0.3, 0.4) is 0 Å². The molecule has 4 aliphatic heterocycles. The van der Waals surface area contributed by atoms with Crippen LogP contribution in [0.5, 0.6) is 0 Å². The number of fused-ring (bicyclic) bond motifs is 4. The molecule has 2 unspecified atom stereocenters. The number of piperazine rings is 2. The van der Waals surface area contributed by atoms with Crippen molar-refractivity contribution >= 4 is 105 Å². The summed E-state index contributed by atoms with van der Waals surface area (Å²) in [6, 6.07) is 12.7. The predicted octanol–water partition coefficient (Wildman–Crippen LogP) is 10.4. The van der Waals surface area contributed by atoms with Crippen LogP contribution in [0.15, 0.2) is 66.7 Å². The van der Waals surface area contributed by atoms with E-state index < -0.39 is 0 Å². The Labute approximate surface area is 455 Å². The van der Waals surface area contributed by atoms with Crippen LogP contribution in [0.1, 0.15) is 95.4 Å². The van der Waals surface area contributed by atoms with E-state index in [1.807, 2.05) is 29.4 Å². The maximum absolute atomic E-state index is 13.2. The van der Waals surface area contributed by atoms with Crippen molar-refractivity contribution in [3.63, 3.8) is 0 Å². The van der Waals surface area contributed by atoms with E-state index in [1.165, 1.54) is 40.5 Å². The van der Waals surface area contributed by atoms with Crippen LogP contribution in [0.2, 0.25) is 10.0 Å². The maximum atomic E-state index is 13.2. The Morgan fingerprint density at radius 3 is 1.46 bits per heavy atom. The van der Waals surface area contributed by atoms with E-state index in [0.717, 1.165) is 143 Å². The molecular formula is C52H60Br4Cl2N8O4. The smallest absolute Gasteiger partial charge is 0.409 e. The summed E-state index contributed by atoms with van der Waals surface area (Å²) in [5, 5.41) is 4.87. The molecular weight excluding hydrogens is 1190 g/mol. The second-order valence-electron chi connectivity index (χ2n) is 19.4. The number of hydrogen-bond donors (Lipinski definition) is 1. The van der Waals surface area contributed by atoms with Gasteiger partial charge in [-0.05, 0) is 198 Å². The molecule has 2 atom stereocenters. The van der Waals surface area contributed by atoms with Gasteiger partial charge < -0.3 is 24.8 Å². The molecule has 6 aliphatic rings. The van der Waals surface area contributed by atoms with Crippen molar-refractivity contribution in [2.24, 2.45) is 11.8 Å². The largest absolute Gasteiger partial charge is 0.453 e. The van der Waals surface area contributed by atoms with Gasteiger partial charge in [-0.25, -0.2) is 4.79 Å². The Balaban J connectivity index is 0.000000175. The highest BCUT2D eigenvalue weighted by Gasteiger charge is 2.37. The SMILES string of the molecule is COC(=O)N1CCC(CC(=O)N2CCN(C3c4ccc(Cl)c(Br)c4CCc4cc(Br)cnc43)CC2)CC1.O=C(CC1CCNCC1)N1CCN(C2c3ccc(Cl)c(Br)c3CCc3cc(Br)cnc32)CC1. The molecule has 0 bridgehead atoms.